The van der Waals surface area contributed by atoms with Gasteiger partial charge in [-0.05, 0) is 53.6 Å². The number of carbonyl (C=O) groups is 2. The van der Waals surface area contributed by atoms with E-state index in [1.165, 1.54) is 12.1 Å². The van der Waals surface area contributed by atoms with Crippen molar-refractivity contribution in [3.63, 3.8) is 0 Å². The third-order valence-electron chi connectivity index (χ3n) is 5.12. The molecule has 0 radical (unpaired) electrons. The molecule has 0 aliphatic heterocycles. The third-order valence-corrected chi connectivity index (χ3v) is 6.21. The number of aromatic carboxylic acids is 1. The van der Waals surface area contributed by atoms with E-state index in [4.69, 9.17) is 14.9 Å². The first-order valence-corrected chi connectivity index (χ1v) is 12.0. The van der Waals surface area contributed by atoms with Crippen LogP contribution in [0.2, 0.25) is 0 Å². The van der Waals surface area contributed by atoms with Gasteiger partial charge in [0, 0.05) is 11.6 Å². The summed E-state index contributed by atoms with van der Waals surface area (Å²) >= 11 is 0. The summed E-state index contributed by atoms with van der Waals surface area (Å²) < 4.78 is 47.5. The van der Waals surface area contributed by atoms with Crippen LogP contribution < -0.4 is 11.1 Å². The number of halogens is 1. The van der Waals surface area contributed by atoms with E-state index in [2.05, 4.69) is 5.32 Å². The number of furan rings is 1. The summed E-state index contributed by atoms with van der Waals surface area (Å²) in [6, 6.07) is 15.1. The van der Waals surface area contributed by atoms with Crippen molar-refractivity contribution in [3.05, 3.63) is 77.8 Å². The maximum absolute atomic E-state index is 13.2. The van der Waals surface area contributed by atoms with Gasteiger partial charge in [0.25, 0.3) is 0 Å². The summed E-state index contributed by atoms with van der Waals surface area (Å²) in [6.45, 7) is -0.268. The number of carboxylic acids is 1. The SMILES string of the molecule is CS(=O)(=O)c1cc(N)c(NC(=O)OCc2cc3cc(-c4ccc(F)cc4)ccc3o2)c(C(=O)O)c1. The van der Waals surface area contributed by atoms with Gasteiger partial charge in [0.05, 0.1) is 21.8 Å². The maximum Gasteiger partial charge on any atom is 0.412 e. The van der Waals surface area contributed by atoms with Crippen molar-refractivity contribution in [2.75, 3.05) is 17.3 Å². The predicted molar refractivity (Wildman–Crippen MR) is 126 cm³/mol. The fraction of sp³-hybridized carbons (Fsp3) is 0.0833. The Hall–Kier alpha value is -4.38. The lowest BCUT2D eigenvalue weighted by Crippen LogP contribution is -2.18. The largest absolute Gasteiger partial charge is 0.478 e. The average molecular weight is 498 g/mol. The number of nitrogens with one attached hydrogen (secondary N) is 1. The minimum Gasteiger partial charge on any atom is -0.478 e. The highest BCUT2D eigenvalue weighted by Crippen LogP contribution is 2.29. The number of carboxylic acid groups (broad SMARTS) is 1. The second kappa shape index (κ2) is 9.11. The van der Waals surface area contributed by atoms with Gasteiger partial charge in [-0.2, -0.15) is 0 Å². The Morgan fingerprint density at radius 2 is 1.74 bits per heavy atom. The number of hydrogen-bond donors (Lipinski definition) is 3. The number of hydrogen-bond acceptors (Lipinski definition) is 7. The first-order valence-electron chi connectivity index (χ1n) is 10.1. The van der Waals surface area contributed by atoms with Crippen LogP contribution in [0.1, 0.15) is 16.1 Å². The molecule has 4 aromatic rings. The molecule has 4 N–H and O–H groups in total. The number of anilines is 2. The summed E-state index contributed by atoms with van der Waals surface area (Å²) in [5, 5.41) is 12.4. The minimum absolute atomic E-state index is 0.251. The fourth-order valence-electron chi connectivity index (χ4n) is 3.43. The molecular weight excluding hydrogens is 479 g/mol. The van der Waals surface area contributed by atoms with E-state index < -0.39 is 27.5 Å². The lowest BCUT2D eigenvalue weighted by atomic mass is 10.0. The van der Waals surface area contributed by atoms with E-state index in [0.29, 0.717) is 11.3 Å². The van der Waals surface area contributed by atoms with E-state index in [0.717, 1.165) is 34.9 Å². The molecule has 0 aliphatic carbocycles. The van der Waals surface area contributed by atoms with Crippen molar-refractivity contribution >= 4 is 44.2 Å². The van der Waals surface area contributed by atoms with Gasteiger partial charge in [-0.15, -0.1) is 0 Å². The van der Waals surface area contributed by atoms with Gasteiger partial charge in [0.15, 0.2) is 16.4 Å². The number of carbonyl (C=O) groups excluding carboxylic acids is 1. The molecule has 180 valence electrons. The first-order chi connectivity index (χ1) is 16.5. The van der Waals surface area contributed by atoms with Crippen LogP contribution in [0.15, 0.2) is 70.0 Å². The second-order valence-corrected chi connectivity index (χ2v) is 9.70. The molecule has 1 heterocycles. The summed E-state index contributed by atoms with van der Waals surface area (Å²) in [7, 11) is -3.72. The zero-order valence-electron chi connectivity index (χ0n) is 18.2. The van der Waals surface area contributed by atoms with Gasteiger partial charge in [0.1, 0.15) is 17.2 Å². The molecule has 0 unspecified atom stereocenters. The summed E-state index contributed by atoms with van der Waals surface area (Å²) in [6.07, 6.45) is -0.108. The number of rotatable bonds is 6. The Morgan fingerprint density at radius 3 is 2.40 bits per heavy atom. The van der Waals surface area contributed by atoms with Crippen molar-refractivity contribution in [3.8, 4) is 11.1 Å². The van der Waals surface area contributed by atoms with Gasteiger partial charge in [-0.1, -0.05) is 18.2 Å². The van der Waals surface area contributed by atoms with Crippen LogP contribution in [0, 0.1) is 5.82 Å². The number of amides is 1. The first kappa shape index (κ1) is 23.8. The average Bonchev–Trinajstić information content (AvgIpc) is 3.20. The number of fused-ring (bicyclic) bond motifs is 1. The Bertz CT molecular complexity index is 1560. The Labute approximate surface area is 198 Å². The Balaban J connectivity index is 1.49. The fourth-order valence-corrected chi connectivity index (χ4v) is 4.10. The van der Waals surface area contributed by atoms with Gasteiger partial charge in [0.2, 0.25) is 0 Å². The number of nitrogens with two attached hydrogens (primary N) is 1. The zero-order valence-corrected chi connectivity index (χ0v) is 19.1. The lowest BCUT2D eigenvalue weighted by Gasteiger charge is -2.13. The zero-order chi connectivity index (χ0) is 25.3. The van der Waals surface area contributed by atoms with Gasteiger partial charge in [-0.25, -0.2) is 22.4 Å². The van der Waals surface area contributed by atoms with Crippen LogP contribution in [-0.4, -0.2) is 31.8 Å². The van der Waals surface area contributed by atoms with Crippen molar-refractivity contribution in [1.82, 2.24) is 0 Å². The van der Waals surface area contributed by atoms with Crippen molar-refractivity contribution in [2.24, 2.45) is 0 Å². The van der Waals surface area contributed by atoms with E-state index in [1.807, 2.05) is 12.1 Å². The number of ether oxygens (including phenoxy) is 1. The molecule has 4 rings (SSSR count). The highest BCUT2D eigenvalue weighted by Gasteiger charge is 2.21. The minimum atomic E-state index is -3.72. The quantitative estimate of drug-likeness (QED) is 0.325. The van der Waals surface area contributed by atoms with E-state index in [9.17, 15) is 27.5 Å². The van der Waals surface area contributed by atoms with E-state index in [1.54, 1.807) is 24.3 Å². The standard InChI is InChI=1S/C24H19FN2O7S/c1-35(31,32)18-10-19(23(28)29)22(20(26)11-18)27-24(30)33-12-17-9-15-8-14(4-7-21(15)34-17)13-2-5-16(25)6-3-13/h2-11H,12,26H2,1H3,(H,27,30)(H,28,29). The normalized spacial score (nSPS) is 11.4. The number of sulfone groups is 1. The van der Waals surface area contributed by atoms with Crippen molar-refractivity contribution < 1.29 is 36.7 Å². The molecule has 0 saturated heterocycles. The number of nitrogen functional groups attached to an aromatic ring is 1. The topological polar surface area (TPSA) is 149 Å². The molecule has 0 spiro atoms. The molecule has 9 nitrogen and oxygen atoms in total. The van der Waals surface area contributed by atoms with Gasteiger partial charge in [-0.3, -0.25) is 5.32 Å². The summed E-state index contributed by atoms with van der Waals surface area (Å²) in [5.74, 6) is -1.49. The lowest BCUT2D eigenvalue weighted by molar-refractivity contribution is 0.0697. The van der Waals surface area contributed by atoms with E-state index in [-0.39, 0.29) is 28.7 Å². The second-order valence-electron chi connectivity index (χ2n) is 7.69. The molecule has 35 heavy (non-hydrogen) atoms. The monoisotopic (exact) mass is 498 g/mol. The van der Waals surface area contributed by atoms with Crippen molar-refractivity contribution in [1.29, 1.82) is 0 Å². The van der Waals surface area contributed by atoms with Crippen LogP contribution in [0.4, 0.5) is 20.6 Å². The third kappa shape index (κ3) is 5.25. The molecule has 11 heteroatoms. The molecule has 1 aromatic heterocycles. The van der Waals surface area contributed by atoms with Gasteiger partial charge >= 0.3 is 12.1 Å². The van der Waals surface area contributed by atoms with Crippen LogP contribution in [-0.2, 0) is 21.2 Å². The smallest absolute Gasteiger partial charge is 0.412 e. The molecule has 0 bridgehead atoms. The molecule has 0 aliphatic rings. The molecule has 0 atom stereocenters. The van der Waals surface area contributed by atoms with E-state index >= 15 is 0 Å². The Kier molecular flexibility index (Phi) is 6.18. The highest BCUT2D eigenvalue weighted by molar-refractivity contribution is 7.90. The van der Waals surface area contributed by atoms with Crippen molar-refractivity contribution in [2.45, 2.75) is 11.5 Å². The molecule has 0 saturated carbocycles. The summed E-state index contributed by atoms with van der Waals surface area (Å²) in [5.41, 5.74) is 6.97. The molecular formula is C24H19FN2O7S. The van der Waals surface area contributed by atoms with Crippen LogP contribution in [0.3, 0.4) is 0 Å². The number of benzene rings is 3. The molecule has 0 fully saturated rings. The van der Waals surface area contributed by atoms with Crippen LogP contribution in [0.5, 0.6) is 0 Å². The Morgan fingerprint density at radius 1 is 1.06 bits per heavy atom. The molecule has 3 aromatic carbocycles. The summed E-state index contributed by atoms with van der Waals surface area (Å²) in [4.78, 5) is 23.6. The highest BCUT2D eigenvalue weighted by atomic mass is 32.2. The van der Waals surface area contributed by atoms with Crippen LogP contribution >= 0.6 is 0 Å². The van der Waals surface area contributed by atoms with Gasteiger partial charge < -0.3 is 20.0 Å². The molecule has 1 amide bonds. The maximum atomic E-state index is 13.2. The van der Waals surface area contributed by atoms with Crippen LogP contribution in [0.25, 0.3) is 22.1 Å². The predicted octanol–water partition coefficient (Wildman–Crippen LogP) is 4.67.